The van der Waals surface area contributed by atoms with Gasteiger partial charge in [0.25, 0.3) is 0 Å². The van der Waals surface area contributed by atoms with Crippen molar-refractivity contribution in [3.05, 3.63) is 35.9 Å². The average Bonchev–Trinajstić information content (AvgIpc) is 2.33. The molecule has 0 fully saturated rings. The molecule has 0 saturated carbocycles. The fourth-order valence-electron chi connectivity index (χ4n) is 1.92. The van der Waals surface area contributed by atoms with Gasteiger partial charge in [-0.1, -0.05) is 30.3 Å². The van der Waals surface area contributed by atoms with Crippen LogP contribution in [-0.2, 0) is 6.42 Å². The topological polar surface area (TPSA) is 53.6 Å². The molecule has 5 heteroatoms. The molecular weight excluding hydrogens is 375 g/mol. The molecule has 0 bridgehead atoms. The summed E-state index contributed by atoms with van der Waals surface area (Å²) in [5.74, 6) is 0.511. The second-order valence-corrected chi connectivity index (χ2v) is 6.41. The van der Waals surface area contributed by atoms with Gasteiger partial charge < -0.3 is 16.0 Å². The third kappa shape index (κ3) is 8.93. The van der Waals surface area contributed by atoms with E-state index in [4.69, 9.17) is 5.73 Å². The minimum Gasteiger partial charge on any atom is -0.370 e. The lowest BCUT2D eigenvalue weighted by Gasteiger charge is -2.24. The Labute approximate surface area is 146 Å². The summed E-state index contributed by atoms with van der Waals surface area (Å²) in [4.78, 5) is 6.66. The van der Waals surface area contributed by atoms with Gasteiger partial charge >= 0.3 is 0 Å². The molecule has 1 aromatic carbocycles. The Hall–Kier alpha value is -0.820. The first kappa shape index (κ1) is 20.2. The van der Waals surface area contributed by atoms with Crippen molar-refractivity contribution in [1.82, 2.24) is 10.2 Å². The van der Waals surface area contributed by atoms with E-state index in [9.17, 15) is 0 Å². The zero-order chi connectivity index (χ0) is 15.2. The Morgan fingerprint density at radius 2 is 1.81 bits per heavy atom. The number of aliphatic imine (C=N–C) groups is 1. The van der Waals surface area contributed by atoms with Gasteiger partial charge in [0.05, 0.1) is 6.54 Å². The highest BCUT2D eigenvalue weighted by atomic mass is 127. The minimum absolute atomic E-state index is 0. The van der Waals surface area contributed by atoms with Crippen LogP contribution in [0.15, 0.2) is 35.3 Å². The summed E-state index contributed by atoms with van der Waals surface area (Å²) < 4.78 is 0. The lowest BCUT2D eigenvalue weighted by atomic mass is 10.1. The standard InChI is InChI=1S/C16H28N4.HI/c1-16(2,3)19-15(17)18-12-14(20(4)5)11-13-9-7-6-8-10-13;/h6-10,14H,11-12H2,1-5H3,(H3,17,18,19);1H. The number of rotatable bonds is 5. The summed E-state index contributed by atoms with van der Waals surface area (Å²) in [7, 11) is 4.16. The maximum Gasteiger partial charge on any atom is 0.189 e. The van der Waals surface area contributed by atoms with Crippen molar-refractivity contribution in [3.8, 4) is 0 Å². The molecule has 4 nitrogen and oxygen atoms in total. The van der Waals surface area contributed by atoms with Crippen LogP contribution in [0.1, 0.15) is 26.3 Å². The van der Waals surface area contributed by atoms with E-state index in [-0.39, 0.29) is 29.5 Å². The van der Waals surface area contributed by atoms with Crippen molar-refractivity contribution in [1.29, 1.82) is 0 Å². The van der Waals surface area contributed by atoms with Gasteiger partial charge in [-0.25, -0.2) is 0 Å². The van der Waals surface area contributed by atoms with Crippen LogP contribution >= 0.6 is 24.0 Å². The van der Waals surface area contributed by atoms with E-state index in [0.717, 1.165) is 6.42 Å². The van der Waals surface area contributed by atoms with Gasteiger partial charge in [0.2, 0.25) is 0 Å². The van der Waals surface area contributed by atoms with Crippen molar-refractivity contribution >= 4 is 29.9 Å². The second kappa shape index (κ2) is 9.25. The van der Waals surface area contributed by atoms with Crippen LogP contribution in [0.25, 0.3) is 0 Å². The van der Waals surface area contributed by atoms with E-state index >= 15 is 0 Å². The van der Waals surface area contributed by atoms with Crippen LogP contribution in [0.4, 0.5) is 0 Å². The molecule has 0 spiro atoms. The van der Waals surface area contributed by atoms with Gasteiger partial charge in [-0.15, -0.1) is 24.0 Å². The maximum atomic E-state index is 5.92. The molecule has 0 aliphatic carbocycles. The SMILES string of the molecule is CN(C)C(CN=C(N)NC(C)(C)C)Cc1ccccc1.I. The van der Waals surface area contributed by atoms with Crippen LogP contribution in [-0.4, -0.2) is 43.1 Å². The number of hydrogen-bond donors (Lipinski definition) is 2. The molecule has 1 unspecified atom stereocenters. The molecule has 0 aliphatic heterocycles. The number of benzene rings is 1. The predicted octanol–water partition coefficient (Wildman–Crippen LogP) is 2.48. The molecule has 3 N–H and O–H groups in total. The monoisotopic (exact) mass is 404 g/mol. The lowest BCUT2D eigenvalue weighted by Crippen LogP contribution is -2.45. The number of halogens is 1. The second-order valence-electron chi connectivity index (χ2n) is 6.41. The minimum atomic E-state index is -0.0549. The average molecular weight is 404 g/mol. The zero-order valence-corrected chi connectivity index (χ0v) is 16.1. The summed E-state index contributed by atoms with van der Waals surface area (Å²) in [6.07, 6.45) is 0.972. The van der Waals surface area contributed by atoms with Crippen LogP contribution in [0, 0.1) is 0 Å². The van der Waals surface area contributed by atoms with Gasteiger partial charge in [0, 0.05) is 11.6 Å². The number of nitrogens with two attached hydrogens (primary N) is 1. The Kier molecular flexibility index (Phi) is 8.89. The molecule has 1 aromatic rings. The maximum absolute atomic E-state index is 5.92. The van der Waals surface area contributed by atoms with Crippen LogP contribution < -0.4 is 11.1 Å². The van der Waals surface area contributed by atoms with Crippen LogP contribution in [0.5, 0.6) is 0 Å². The molecule has 21 heavy (non-hydrogen) atoms. The molecule has 120 valence electrons. The number of guanidine groups is 1. The highest BCUT2D eigenvalue weighted by Gasteiger charge is 2.13. The van der Waals surface area contributed by atoms with Gasteiger partial charge in [-0.05, 0) is 46.9 Å². The summed E-state index contributed by atoms with van der Waals surface area (Å²) >= 11 is 0. The molecule has 0 radical (unpaired) electrons. The van der Waals surface area contributed by atoms with E-state index in [1.165, 1.54) is 5.56 Å². The highest BCUT2D eigenvalue weighted by molar-refractivity contribution is 14.0. The summed E-state index contributed by atoms with van der Waals surface area (Å²) in [6, 6.07) is 10.8. The molecule has 1 rings (SSSR count). The van der Waals surface area contributed by atoms with E-state index in [2.05, 4.69) is 74.3 Å². The number of hydrogen-bond acceptors (Lipinski definition) is 2. The van der Waals surface area contributed by atoms with Crippen molar-refractivity contribution < 1.29 is 0 Å². The molecule has 1 atom stereocenters. The van der Waals surface area contributed by atoms with E-state index in [1.807, 2.05) is 6.07 Å². The van der Waals surface area contributed by atoms with Crippen molar-refractivity contribution in [2.75, 3.05) is 20.6 Å². The number of likely N-dealkylation sites (N-methyl/N-ethyl adjacent to an activating group) is 1. The van der Waals surface area contributed by atoms with E-state index in [0.29, 0.717) is 18.5 Å². The highest BCUT2D eigenvalue weighted by Crippen LogP contribution is 2.07. The summed E-state index contributed by atoms with van der Waals surface area (Å²) in [5.41, 5.74) is 7.19. The first-order chi connectivity index (χ1) is 9.28. The van der Waals surface area contributed by atoms with Crippen LogP contribution in [0.2, 0.25) is 0 Å². The predicted molar refractivity (Wildman–Crippen MR) is 102 cm³/mol. The molecule has 0 saturated heterocycles. The Balaban J connectivity index is 0.00000400. The van der Waals surface area contributed by atoms with Crippen molar-refractivity contribution in [3.63, 3.8) is 0 Å². The van der Waals surface area contributed by atoms with Gasteiger partial charge in [-0.2, -0.15) is 0 Å². The molecule has 0 heterocycles. The fourth-order valence-corrected chi connectivity index (χ4v) is 1.92. The van der Waals surface area contributed by atoms with Gasteiger partial charge in [-0.3, -0.25) is 4.99 Å². The summed E-state index contributed by atoms with van der Waals surface area (Å²) in [6.45, 7) is 6.91. The normalized spacial score (nSPS) is 13.7. The zero-order valence-electron chi connectivity index (χ0n) is 13.8. The fraction of sp³-hybridized carbons (Fsp3) is 0.562. The number of nitrogens with one attached hydrogen (secondary N) is 1. The lowest BCUT2D eigenvalue weighted by molar-refractivity contribution is 0.298. The van der Waals surface area contributed by atoms with Crippen LogP contribution in [0.3, 0.4) is 0 Å². The summed E-state index contributed by atoms with van der Waals surface area (Å²) in [5, 5.41) is 3.19. The van der Waals surface area contributed by atoms with Crippen molar-refractivity contribution in [2.24, 2.45) is 10.7 Å². The Morgan fingerprint density at radius 1 is 1.24 bits per heavy atom. The largest absolute Gasteiger partial charge is 0.370 e. The number of nitrogens with zero attached hydrogens (tertiary/aromatic N) is 2. The van der Waals surface area contributed by atoms with Gasteiger partial charge in [0.15, 0.2) is 5.96 Å². The molecule has 0 amide bonds. The Morgan fingerprint density at radius 3 is 2.29 bits per heavy atom. The first-order valence-electron chi connectivity index (χ1n) is 7.06. The van der Waals surface area contributed by atoms with E-state index in [1.54, 1.807) is 0 Å². The first-order valence-corrected chi connectivity index (χ1v) is 7.06. The smallest absolute Gasteiger partial charge is 0.189 e. The quantitative estimate of drug-likeness (QED) is 0.451. The molecule has 0 aromatic heterocycles. The van der Waals surface area contributed by atoms with Crippen molar-refractivity contribution in [2.45, 2.75) is 38.8 Å². The van der Waals surface area contributed by atoms with E-state index < -0.39 is 0 Å². The Bertz CT molecular complexity index is 424. The molecule has 0 aliphatic rings. The third-order valence-corrected chi connectivity index (χ3v) is 3.02. The van der Waals surface area contributed by atoms with Gasteiger partial charge in [0.1, 0.15) is 0 Å². The third-order valence-electron chi connectivity index (χ3n) is 3.02. The molecular formula is C16H29IN4.